The van der Waals surface area contributed by atoms with Gasteiger partial charge in [0.05, 0.1) is 6.54 Å². The Morgan fingerprint density at radius 1 is 1.08 bits per heavy atom. The van der Waals surface area contributed by atoms with Crippen LogP contribution in [0, 0.1) is 5.82 Å². The minimum Gasteiger partial charge on any atom is -0.486 e. The molecule has 0 bridgehead atoms. The maximum atomic E-state index is 13.7. The highest BCUT2D eigenvalue weighted by Crippen LogP contribution is 2.33. The molecule has 0 spiro atoms. The fourth-order valence-electron chi connectivity index (χ4n) is 3.86. The summed E-state index contributed by atoms with van der Waals surface area (Å²) in [6.07, 6.45) is 3.27. The van der Waals surface area contributed by atoms with Crippen LogP contribution in [0.2, 0.25) is 0 Å². The predicted molar refractivity (Wildman–Crippen MR) is 106 cm³/mol. The molecule has 1 aliphatic rings. The molecule has 1 unspecified atom stereocenters. The van der Waals surface area contributed by atoms with E-state index in [-0.39, 0.29) is 11.9 Å². The third-order valence-corrected chi connectivity index (χ3v) is 5.29. The number of hydrogen-bond acceptors (Lipinski definition) is 2. The molecule has 2 atom stereocenters. The summed E-state index contributed by atoms with van der Waals surface area (Å²) >= 11 is 0. The van der Waals surface area contributed by atoms with Crippen LogP contribution in [0.4, 0.5) is 10.1 Å². The van der Waals surface area contributed by atoms with Crippen molar-refractivity contribution in [3.63, 3.8) is 0 Å². The number of benzene rings is 3. The van der Waals surface area contributed by atoms with E-state index >= 15 is 0 Å². The maximum absolute atomic E-state index is 13.7. The van der Waals surface area contributed by atoms with E-state index in [1.54, 1.807) is 6.07 Å². The minimum atomic E-state index is -0.245. The number of halogens is 1. The van der Waals surface area contributed by atoms with Gasteiger partial charge in [0.2, 0.25) is 0 Å². The van der Waals surface area contributed by atoms with Crippen molar-refractivity contribution in [2.75, 3.05) is 11.9 Å². The molecule has 0 amide bonds. The normalized spacial score (nSPS) is 17.2. The third kappa shape index (κ3) is 3.39. The fraction of sp³-hybridized carbons (Fsp3) is 0.304. The van der Waals surface area contributed by atoms with Gasteiger partial charge in [-0.15, -0.1) is 0 Å². The number of ether oxygens (including phenoxy) is 1. The highest BCUT2D eigenvalue weighted by molar-refractivity contribution is 5.86. The Bertz CT molecular complexity index is 902. The average Bonchev–Trinajstić information content (AvgIpc) is 2.67. The van der Waals surface area contributed by atoms with Crippen LogP contribution < -0.4 is 10.1 Å². The van der Waals surface area contributed by atoms with E-state index in [4.69, 9.17) is 4.74 Å². The average molecular weight is 349 g/mol. The molecule has 0 aromatic heterocycles. The second kappa shape index (κ2) is 7.36. The second-order valence-corrected chi connectivity index (χ2v) is 7.13. The molecule has 0 saturated carbocycles. The lowest BCUT2D eigenvalue weighted by atomic mass is 9.90. The zero-order valence-electron chi connectivity index (χ0n) is 15.0. The zero-order valence-corrected chi connectivity index (χ0v) is 15.0. The lowest BCUT2D eigenvalue weighted by Crippen LogP contribution is -2.31. The van der Waals surface area contributed by atoms with Crippen molar-refractivity contribution in [3.05, 3.63) is 72.0 Å². The molecule has 0 radical (unpaired) electrons. The second-order valence-electron chi connectivity index (χ2n) is 7.13. The quantitative estimate of drug-likeness (QED) is 0.598. The van der Waals surface area contributed by atoms with Crippen LogP contribution in [0.15, 0.2) is 60.7 Å². The molecule has 3 aromatic carbocycles. The Morgan fingerprint density at radius 3 is 2.81 bits per heavy atom. The molecule has 1 aliphatic heterocycles. The first-order valence-electron chi connectivity index (χ1n) is 9.39. The van der Waals surface area contributed by atoms with Crippen LogP contribution in [0.1, 0.15) is 37.7 Å². The lowest BCUT2D eigenvalue weighted by Gasteiger charge is -2.28. The van der Waals surface area contributed by atoms with E-state index in [2.05, 4.69) is 54.7 Å². The molecule has 1 heterocycles. The van der Waals surface area contributed by atoms with Crippen LogP contribution >= 0.6 is 0 Å². The predicted octanol–water partition coefficient (Wildman–Crippen LogP) is 6.13. The van der Waals surface area contributed by atoms with Gasteiger partial charge in [0.25, 0.3) is 0 Å². The Morgan fingerprint density at radius 2 is 1.88 bits per heavy atom. The van der Waals surface area contributed by atoms with Gasteiger partial charge in [-0.2, -0.15) is 0 Å². The fourth-order valence-corrected chi connectivity index (χ4v) is 3.86. The Hall–Kier alpha value is -2.55. The van der Waals surface area contributed by atoms with Gasteiger partial charge in [-0.25, -0.2) is 4.39 Å². The topological polar surface area (TPSA) is 21.3 Å². The van der Waals surface area contributed by atoms with E-state index in [1.165, 1.54) is 22.4 Å². The molecule has 1 N–H and O–H groups in total. The largest absolute Gasteiger partial charge is 0.486 e. The number of anilines is 1. The molecular formula is C23H24FNO. The van der Waals surface area contributed by atoms with Gasteiger partial charge in [-0.3, -0.25) is 0 Å². The summed E-state index contributed by atoms with van der Waals surface area (Å²) in [5.74, 6) is 0.885. The van der Waals surface area contributed by atoms with Crippen molar-refractivity contribution < 1.29 is 9.13 Å². The summed E-state index contributed by atoms with van der Waals surface area (Å²) in [6.45, 7) is 2.96. The molecule has 3 heteroatoms. The lowest BCUT2D eigenvalue weighted by molar-refractivity contribution is 0.190. The molecule has 3 aromatic rings. The van der Waals surface area contributed by atoms with E-state index in [0.717, 1.165) is 19.3 Å². The molecule has 26 heavy (non-hydrogen) atoms. The van der Waals surface area contributed by atoms with E-state index in [0.29, 0.717) is 23.9 Å². The summed E-state index contributed by atoms with van der Waals surface area (Å²) in [5, 5.41) is 5.83. The number of fused-ring (bicyclic) bond motifs is 2. The Kier molecular flexibility index (Phi) is 4.79. The molecule has 0 fully saturated rings. The van der Waals surface area contributed by atoms with Gasteiger partial charge in [0, 0.05) is 0 Å². The summed E-state index contributed by atoms with van der Waals surface area (Å²) < 4.78 is 19.7. The summed E-state index contributed by atoms with van der Waals surface area (Å²) in [4.78, 5) is 0. The van der Waals surface area contributed by atoms with E-state index < -0.39 is 0 Å². The van der Waals surface area contributed by atoms with Gasteiger partial charge in [0.1, 0.15) is 23.4 Å². The number of rotatable bonds is 5. The summed E-state index contributed by atoms with van der Waals surface area (Å²) in [5.41, 5.74) is 1.91. The van der Waals surface area contributed by atoms with Crippen molar-refractivity contribution in [2.45, 2.75) is 38.2 Å². The number of nitrogens with one attached hydrogen (secondary N) is 1. The molecule has 4 rings (SSSR count). The zero-order chi connectivity index (χ0) is 17.9. The maximum Gasteiger partial charge on any atom is 0.150 e. The SMILES string of the molecule is C[C@@H](CCCC1CNc2c(F)cccc2O1)c1cccc2ccccc12. The Labute approximate surface area is 154 Å². The van der Waals surface area contributed by atoms with Crippen LogP contribution in [0.25, 0.3) is 10.8 Å². The van der Waals surface area contributed by atoms with Crippen LogP contribution in [-0.2, 0) is 0 Å². The van der Waals surface area contributed by atoms with Gasteiger partial charge < -0.3 is 10.1 Å². The Balaban J connectivity index is 1.36. The van der Waals surface area contributed by atoms with Crippen molar-refractivity contribution in [1.29, 1.82) is 0 Å². The van der Waals surface area contributed by atoms with E-state index in [1.807, 2.05) is 6.07 Å². The summed E-state index contributed by atoms with van der Waals surface area (Å²) in [6, 6.07) is 20.1. The first-order valence-corrected chi connectivity index (χ1v) is 9.39. The van der Waals surface area contributed by atoms with Crippen LogP contribution in [0.3, 0.4) is 0 Å². The minimum absolute atomic E-state index is 0.101. The molecular weight excluding hydrogens is 325 g/mol. The van der Waals surface area contributed by atoms with Gasteiger partial charge in [0.15, 0.2) is 0 Å². The van der Waals surface area contributed by atoms with Crippen molar-refractivity contribution >= 4 is 16.5 Å². The van der Waals surface area contributed by atoms with E-state index in [9.17, 15) is 4.39 Å². The highest BCUT2D eigenvalue weighted by Gasteiger charge is 2.21. The van der Waals surface area contributed by atoms with Crippen molar-refractivity contribution in [1.82, 2.24) is 0 Å². The molecule has 0 aliphatic carbocycles. The van der Waals surface area contributed by atoms with Gasteiger partial charge >= 0.3 is 0 Å². The molecule has 2 nitrogen and oxygen atoms in total. The number of para-hydroxylation sites is 1. The van der Waals surface area contributed by atoms with Crippen molar-refractivity contribution in [3.8, 4) is 5.75 Å². The standard InChI is InChI=1S/C23H24FNO/c1-16(19-12-5-9-17-8-2-3-11-20(17)19)7-4-10-18-15-25-23-21(24)13-6-14-22(23)26-18/h2-3,5-6,8-9,11-14,16,18,25H,4,7,10,15H2,1H3/t16-,18?/m0/s1. The molecule has 0 saturated heterocycles. The number of hydrogen-bond donors (Lipinski definition) is 1. The monoisotopic (exact) mass is 349 g/mol. The first kappa shape index (κ1) is 16.9. The van der Waals surface area contributed by atoms with Crippen LogP contribution in [-0.4, -0.2) is 12.6 Å². The van der Waals surface area contributed by atoms with Crippen LogP contribution in [0.5, 0.6) is 5.75 Å². The van der Waals surface area contributed by atoms with Crippen molar-refractivity contribution in [2.24, 2.45) is 0 Å². The van der Waals surface area contributed by atoms with Gasteiger partial charge in [-0.05, 0) is 53.6 Å². The first-order chi connectivity index (χ1) is 12.7. The van der Waals surface area contributed by atoms with Gasteiger partial charge in [-0.1, -0.05) is 55.5 Å². The molecule has 134 valence electrons. The smallest absolute Gasteiger partial charge is 0.150 e. The third-order valence-electron chi connectivity index (χ3n) is 5.29. The highest BCUT2D eigenvalue weighted by atomic mass is 19.1. The summed E-state index contributed by atoms with van der Waals surface area (Å²) in [7, 11) is 0.